The molecular formula is C47H77NO5V2. The van der Waals surface area contributed by atoms with E-state index in [-0.39, 0.29) is 49.0 Å². The first kappa shape index (κ1) is 67.2. The van der Waals surface area contributed by atoms with Gasteiger partial charge in [0.15, 0.2) is 0 Å². The number of aryl methyl sites for hydroxylation is 2. The third kappa shape index (κ3) is 27.6. The number of piperidine rings is 1. The zero-order valence-corrected chi connectivity index (χ0v) is 40.6. The number of hydrogen-bond donors (Lipinski definition) is 1. The predicted octanol–water partition coefficient (Wildman–Crippen LogP) is 12.8. The normalized spacial score (nSPS) is 14.1. The Morgan fingerprint density at radius 3 is 1.49 bits per heavy atom. The number of carbonyl (C=O) groups is 1. The Morgan fingerprint density at radius 1 is 0.764 bits per heavy atom. The number of esters is 1. The van der Waals surface area contributed by atoms with Gasteiger partial charge in [0.1, 0.15) is 17.4 Å². The molecule has 0 spiro atoms. The summed E-state index contributed by atoms with van der Waals surface area (Å²) in [5, 5.41) is 8.92. The van der Waals surface area contributed by atoms with Crippen molar-refractivity contribution < 1.29 is 61.3 Å². The molecule has 1 atom stereocenters. The standard InChI is InChI=1S/C15H12O2.C10H20N.C7H8O.C3H5O.C2H3O.4C2H6.C2H5.2V/c1-10-6-5-9-12-13(15(16)17-14(10)12)11-7-3-2-4-8-11;1-9(2)7-6-8-10(3,4)11(9)5;1-6-4-2-3-5-7(6)8;1-2-3-4;1-2-3;5*1-2;;/h2-9,13H,1H3;6H,7-8H2,1-5H3;2-5,8H,1H3;2H2,1H3;1H3;4*1-2H3;1H2,2H3;;/q;-1;;2*-1;;;;;-1;2*+2. The van der Waals surface area contributed by atoms with Crippen LogP contribution in [0.4, 0.5) is 0 Å². The quantitative estimate of drug-likeness (QED) is 0.157. The number of hydrogen-bond acceptors (Lipinski definition) is 6. The molecule has 3 aromatic rings. The van der Waals surface area contributed by atoms with Crippen LogP contribution in [0.5, 0.6) is 11.5 Å². The van der Waals surface area contributed by atoms with E-state index in [1.807, 2.05) is 136 Å². The van der Waals surface area contributed by atoms with E-state index < -0.39 is 0 Å². The van der Waals surface area contributed by atoms with Gasteiger partial charge in [0.25, 0.3) is 0 Å². The summed E-state index contributed by atoms with van der Waals surface area (Å²) in [6.07, 6.45) is 8.54. The molecule has 2 aliphatic heterocycles. The molecule has 1 fully saturated rings. The number of para-hydroxylation sites is 2. The van der Waals surface area contributed by atoms with Gasteiger partial charge < -0.3 is 37.7 Å². The molecule has 8 heteroatoms. The molecule has 2 heterocycles. The molecule has 0 aliphatic carbocycles. The number of benzene rings is 3. The number of phenolic OH excluding ortho intramolecular Hbond substituents is 1. The Bertz CT molecular complexity index is 1260. The fourth-order valence-electron chi connectivity index (χ4n) is 4.72. The average Bonchev–Trinajstić information content (AvgIpc) is 3.54. The molecule has 0 aromatic heterocycles. The maximum Gasteiger partial charge on any atom is 2.00 e. The smallest absolute Gasteiger partial charge is 0.542 e. The Balaban J connectivity index is -0.000000107. The van der Waals surface area contributed by atoms with Crippen LogP contribution in [0.25, 0.3) is 0 Å². The van der Waals surface area contributed by atoms with E-state index in [2.05, 4.69) is 53.0 Å². The fraction of sp³-hybridized carbons (Fsp3) is 0.511. The van der Waals surface area contributed by atoms with Crippen molar-refractivity contribution in [2.75, 3.05) is 7.05 Å². The van der Waals surface area contributed by atoms with Crippen LogP contribution in [0.1, 0.15) is 151 Å². The molecule has 0 bridgehead atoms. The summed E-state index contributed by atoms with van der Waals surface area (Å²) in [7, 11) is 2.23. The molecule has 3 aromatic carbocycles. The summed E-state index contributed by atoms with van der Waals surface area (Å²) in [6.45, 7) is 37.1. The van der Waals surface area contributed by atoms with Crippen LogP contribution in [0.15, 0.2) is 72.8 Å². The van der Waals surface area contributed by atoms with Crippen molar-refractivity contribution in [1.29, 1.82) is 0 Å². The number of aromatic hydroxyl groups is 1. The SMILES string of the molecule is CC.CC.CC.CC.CC[C-]=O.CN1C(C)(C)C[CH-]CC1(C)C.C[C-]=O.Cc1cccc2c1OC(=O)C2c1ccccc1.Cc1ccccc1O.[CH2-]C.[V+2].[V+2]. The molecule has 2 aliphatic rings. The van der Waals surface area contributed by atoms with E-state index in [0.29, 0.717) is 23.2 Å². The van der Waals surface area contributed by atoms with Gasteiger partial charge in [-0.3, -0.25) is 17.4 Å². The zero-order valence-electron chi connectivity index (χ0n) is 37.8. The van der Waals surface area contributed by atoms with Crippen molar-refractivity contribution in [3.05, 3.63) is 108 Å². The van der Waals surface area contributed by atoms with Gasteiger partial charge in [0, 0.05) is 5.56 Å². The third-order valence-electron chi connectivity index (χ3n) is 7.49. The summed E-state index contributed by atoms with van der Waals surface area (Å²) in [4.78, 5) is 32.2. The molecule has 2 radical (unpaired) electrons. The summed E-state index contributed by atoms with van der Waals surface area (Å²) < 4.78 is 5.37. The molecule has 1 saturated heterocycles. The first-order valence-electron chi connectivity index (χ1n) is 19.3. The van der Waals surface area contributed by atoms with E-state index >= 15 is 0 Å². The minimum absolute atomic E-state index is 0. The molecule has 1 unspecified atom stereocenters. The minimum Gasteiger partial charge on any atom is -0.542 e. The predicted molar refractivity (Wildman–Crippen MR) is 231 cm³/mol. The Morgan fingerprint density at radius 2 is 1.15 bits per heavy atom. The van der Waals surface area contributed by atoms with Crippen molar-refractivity contribution in [1.82, 2.24) is 4.90 Å². The van der Waals surface area contributed by atoms with Gasteiger partial charge in [-0.2, -0.15) is 33.1 Å². The minimum atomic E-state index is -0.272. The van der Waals surface area contributed by atoms with Crippen molar-refractivity contribution in [3.63, 3.8) is 0 Å². The van der Waals surface area contributed by atoms with Crippen LogP contribution in [0, 0.1) is 27.2 Å². The van der Waals surface area contributed by atoms with E-state index in [4.69, 9.17) is 19.4 Å². The number of rotatable bonds is 2. The summed E-state index contributed by atoms with van der Waals surface area (Å²) in [5.74, 6) is 0.644. The maximum atomic E-state index is 12.0. The second kappa shape index (κ2) is 42.5. The second-order valence-corrected chi connectivity index (χ2v) is 11.6. The number of likely N-dealkylation sites (tertiary alicyclic amines) is 1. The molecule has 310 valence electrons. The van der Waals surface area contributed by atoms with E-state index in [1.54, 1.807) is 26.2 Å². The monoisotopic (exact) mass is 837 g/mol. The van der Waals surface area contributed by atoms with Gasteiger partial charge in [-0.05, 0) is 82.4 Å². The Labute approximate surface area is 363 Å². The van der Waals surface area contributed by atoms with Crippen LogP contribution >= 0.6 is 0 Å². The van der Waals surface area contributed by atoms with Crippen molar-refractivity contribution in [2.45, 2.75) is 154 Å². The van der Waals surface area contributed by atoms with Crippen molar-refractivity contribution in [2.24, 2.45) is 0 Å². The molecule has 0 saturated carbocycles. The van der Waals surface area contributed by atoms with Gasteiger partial charge in [0.2, 0.25) is 0 Å². The second-order valence-electron chi connectivity index (χ2n) is 11.6. The number of ether oxygens (including phenoxy) is 1. The molecule has 5 rings (SSSR count). The molecule has 6 nitrogen and oxygen atoms in total. The number of fused-ring (bicyclic) bond motifs is 1. The van der Waals surface area contributed by atoms with Gasteiger partial charge in [-0.15, -0.1) is 0 Å². The van der Waals surface area contributed by atoms with Crippen LogP contribution in [-0.4, -0.2) is 46.7 Å². The van der Waals surface area contributed by atoms with Crippen LogP contribution in [0.2, 0.25) is 0 Å². The fourth-order valence-corrected chi connectivity index (χ4v) is 4.72. The topological polar surface area (TPSA) is 83.9 Å². The number of phenols is 1. The average molecular weight is 838 g/mol. The molecular weight excluding hydrogens is 760 g/mol. The van der Waals surface area contributed by atoms with Gasteiger partial charge in [0.05, 0.1) is 0 Å². The number of carbonyl (C=O) groups excluding carboxylic acids is 3. The Hall–Kier alpha value is -2.60. The van der Waals surface area contributed by atoms with Crippen LogP contribution in [-0.2, 0) is 51.5 Å². The summed E-state index contributed by atoms with van der Waals surface area (Å²) in [5.41, 5.74) is 4.59. The summed E-state index contributed by atoms with van der Waals surface area (Å²) in [6, 6.07) is 22.9. The molecule has 55 heavy (non-hydrogen) atoms. The maximum absolute atomic E-state index is 12.0. The van der Waals surface area contributed by atoms with Crippen LogP contribution in [0.3, 0.4) is 0 Å². The number of nitrogens with zero attached hydrogens (tertiary/aromatic N) is 1. The van der Waals surface area contributed by atoms with Crippen molar-refractivity contribution in [3.8, 4) is 11.5 Å². The molecule has 0 amide bonds. The molecule has 1 N–H and O–H groups in total. The van der Waals surface area contributed by atoms with E-state index in [1.165, 1.54) is 26.1 Å². The third-order valence-corrected chi connectivity index (χ3v) is 7.49. The van der Waals surface area contributed by atoms with Gasteiger partial charge >= 0.3 is 43.1 Å². The van der Waals surface area contributed by atoms with Gasteiger partial charge in [-0.25, -0.2) is 0 Å². The van der Waals surface area contributed by atoms with E-state index in [9.17, 15) is 4.79 Å². The van der Waals surface area contributed by atoms with Gasteiger partial charge in [-0.1, -0.05) is 129 Å². The van der Waals surface area contributed by atoms with Crippen LogP contribution < -0.4 is 4.74 Å². The zero-order chi connectivity index (χ0) is 42.6. The first-order chi connectivity index (χ1) is 25.3. The van der Waals surface area contributed by atoms with Crippen molar-refractivity contribution >= 4 is 18.5 Å². The largest absolute Gasteiger partial charge is 2.00 e. The summed E-state index contributed by atoms with van der Waals surface area (Å²) >= 11 is 0. The Kier molecular flexibility index (Phi) is 51.9. The van der Waals surface area contributed by atoms with E-state index in [0.717, 1.165) is 28.0 Å². The first-order valence-corrected chi connectivity index (χ1v) is 19.3.